The molecule has 28 heavy (non-hydrogen) atoms. The number of thiazole rings is 1. The quantitative estimate of drug-likeness (QED) is 0.639. The summed E-state index contributed by atoms with van der Waals surface area (Å²) in [5, 5.41) is 4.74. The molecule has 1 aromatic heterocycles. The summed E-state index contributed by atoms with van der Waals surface area (Å²) in [6.45, 7) is 0.180. The second-order valence-electron chi connectivity index (χ2n) is 5.73. The van der Waals surface area contributed by atoms with Gasteiger partial charge in [-0.15, -0.1) is 11.3 Å². The number of hydrogen-bond acceptors (Lipinski definition) is 6. The molecule has 3 aromatic rings. The number of carbonyl (C=O) groups is 2. The number of ether oxygens (including phenoxy) is 2. The van der Waals surface area contributed by atoms with Gasteiger partial charge in [0.2, 0.25) is 0 Å². The molecule has 0 spiro atoms. The number of hydrogen-bond donors (Lipinski definition) is 1. The second-order valence-corrected chi connectivity index (χ2v) is 6.58. The number of methoxy groups -OCH3 is 2. The summed E-state index contributed by atoms with van der Waals surface area (Å²) in [6.07, 6.45) is 0. The third-order valence-corrected chi connectivity index (χ3v) is 4.84. The molecule has 0 saturated carbocycles. The molecular formula is C20H17FN2O4S. The Morgan fingerprint density at radius 2 is 1.96 bits per heavy atom. The molecule has 0 bridgehead atoms. The first kappa shape index (κ1) is 19.5. The van der Waals surface area contributed by atoms with Gasteiger partial charge in [0.1, 0.15) is 27.8 Å². The topological polar surface area (TPSA) is 77.5 Å². The largest absolute Gasteiger partial charge is 0.496 e. The van der Waals surface area contributed by atoms with Crippen molar-refractivity contribution in [2.75, 3.05) is 14.2 Å². The van der Waals surface area contributed by atoms with Gasteiger partial charge < -0.3 is 14.8 Å². The molecule has 2 aromatic carbocycles. The minimum atomic E-state index is -0.529. The number of rotatable bonds is 6. The Kier molecular flexibility index (Phi) is 6.00. The van der Waals surface area contributed by atoms with Gasteiger partial charge in [0.15, 0.2) is 0 Å². The number of carbonyl (C=O) groups excluding carboxylic acids is 2. The average Bonchev–Trinajstić information content (AvgIpc) is 3.21. The van der Waals surface area contributed by atoms with Gasteiger partial charge in [0.25, 0.3) is 5.91 Å². The van der Waals surface area contributed by atoms with Crippen molar-refractivity contribution in [1.29, 1.82) is 0 Å². The molecule has 8 heteroatoms. The maximum absolute atomic E-state index is 13.9. The van der Waals surface area contributed by atoms with Crippen molar-refractivity contribution >= 4 is 23.2 Å². The van der Waals surface area contributed by atoms with Crippen molar-refractivity contribution in [3.8, 4) is 16.3 Å². The van der Waals surface area contributed by atoms with Gasteiger partial charge in [-0.2, -0.15) is 0 Å². The minimum Gasteiger partial charge on any atom is -0.496 e. The number of nitrogens with one attached hydrogen (secondary N) is 1. The van der Waals surface area contributed by atoms with Crippen LogP contribution in [0.2, 0.25) is 0 Å². The molecular weight excluding hydrogens is 383 g/mol. The van der Waals surface area contributed by atoms with Crippen molar-refractivity contribution in [3.05, 3.63) is 70.5 Å². The molecule has 3 rings (SSSR count). The van der Waals surface area contributed by atoms with E-state index in [-0.39, 0.29) is 17.8 Å². The third kappa shape index (κ3) is 4.17. The SMILES string of the molecule is COC(=O)c1cc(CNC(=O)c2csc(-c3ccccc3F)n2)ccc1OC. The number of esters is 1. The van der Waals surface area contributed by atoms with Crippen LogP contribution in [0.3, 0.4) is 0 Å². The zero-order valence-electron chi connectivity index (χ0n) is 15.2. The summed E-state index contributed by atoms with van der Waals surface area (Å²) in [5.41, 5.74) is 1.51. The first-order chi connectivity index (χ1) is 13.5. The molecule has 0 radical (unpaired) electrons. The van der Waals surface area contributed by atoms with E-state index in [1.54, 1.807) is 41.8 Å². The molecule has 6 nitrogen and oxygen atoms in total. The van der Waals surface area contributed by atoms with E-state index < -0.39 is 17.7 Å². The van der Waals surface area contributed by atoms with Crippen LogP contribution in [0.4, 0.5) is 4.39 Å². The Bertz CT molecular complexity index is 1020. The van der Waals surface area contributed by atoms with E-state index in [0.717, 1.165) is 0 Å². The van der Waals surface area contributed by atoms with Crippen LogP contribution in [0.25, 0.3) is 10.6 Å². The van der Waals surface area contributed by atoms with Gasteiger partial charge in [0.05, 0.1) is 14.2 Å². The van der Waals surface area contributed by atoms with Crippen molar-refractivity contribution < 1.29 is 23.5 Å². The highest BCUT2D eigenvalue weighted by Crippen LogP contribution is 2.26. The molecule has 0 atom stereocenters. The first-order valence-electron chi connectivity index (χ1n) is 8.27. The number of aromatic nitrogens is 1. The molecule has 0 aliphatic heterocycles. The molecule has 1 N–H and O–H groups in total. The fraction of sp³-hybridized carbons (Fsp3) is 0.150. The molecule has 1 amide bonds. The van der Waals surface area contributed by atoms with Crippen LogP contribution in [0.5, 0.6) is 5.75 Å². The average molecular weight is 400 g/mol. The standard InChI is InChI=1S/C20H17FN2O4S/c1-26-17-8-7-12(9-14(17)20(25)27-2)10-22-18(24)16-11-28-19(23-16)13-5-3-4-6-15(13)21/h3-9,11H,10H2,1-2H3,(H,22,24). The van der Waals surface area contributed by atoms with Crippen LogP contribution in [-0.2, 0) is 11.3 Å². The summed E-state index contributed by atoms with van der Waals surface area (Å²) < 4.78 is 23.8. The van der Waals surface area contributed by atoms with Crippen molar-refractivity contribution in [2.24, 2.45) is 0 Å². The van der Waals surface area contributed by atoms with E-state index in [2.05, 4.69) is 10.3 Å². The lowest BCUT2D eigenvalue weighted by atomic mass is 10.1. The van der Waals surface area contributed by atoms with Crippen LogP contribution < -0.4 is 10.1 Å². The summed E-state index contributed by atoms with van der Waals surface area (Å²) in [5.74, 6) is -0.929. The summed E-state index contributed by atoms with van der Waals surface area (Å²) in [7, 11) is 2.74. The molecule has 1 heterocycles. The van der Waals surface area contributed by atoms with Crippen LogP contribution in [-0.4, -0.2) is 31.1 Å². The van der Waals surface area contributed by atoms with Gasteiger partial charge in [-0.05, 0) is 29.8 Å². The Labute approximate surface area is 164 Å². The van der Waals surface area contributed by atoms with E-state index in [9.17, 15) is 14.0 Å². The van der Waals surface area contributed by atoms with E-state index in [4.69, 9.17) is 9.47 Å². The molecule has 0 aliphatic rings. The molecule has 0 aliphatic carbocycles. The zero-order valence-corrected chi connectivity index (χ0v) is 16.0. The molecule has 0 fully saturated rings. The Balaban J connectivity index is 1.71. The van der Waals surface area contributed by atoms with Crippen LogP contribution in [0.15, 0.2) is 47.8 Å². The van der Waals surface area contributed by atoms with Crippen LogP contribution in [0, 0.1) is 5.82 Å². The highest BCUT2D eigenvalue weighted by Gasteiger charge is 2.16. The van der Waals surface area contributed by atoms with Crippen molar-refractivity contribution in [1.82, 2.24) is 10.3 Å². The minimum absolute atomic E-state index is 0.180. The number of halogens is 1. The molecule has 144 valence electrons. The molecule has 0 unspecified atom stereocenters. The van der Waals surface area contributed by atoms with Gasteiger partial charge in [-0.1, -0.05) is 18.2 Å². The van der Waals surface area contributed by atoms with E-state index in [1.165, 1.54) is 31.6 Å². The van der Waals surface area contributed by atoms with Gasteiger partial charge in [-0.25, -0.2) is 14.2 Å². The second kappa shape index (κ2) is 8.62. The summed E-state index contributed by atoms with van der Waals surface area (Å²) >= 11 is 1.19. The van der Waals surface area contributed by atoms with Gasteiger partial charge in [0, 0.05) is 17.5 Å². The molecule has 0 saturated heterocycles. The Hall–Kier alpha value is -3.26. The Morgan fingerprint density at radius 3 is 2.68 bits per heavy atom. The number of nitrogens with zero attached hydrogens (tertiary/aromatic N) is 1. The zero-order chi connectivity index (χ0) is 20.1. The smallest absolute Gasteiger partial charge is 0.341 e. The normalized spacial score (nSPS) is 10.4. The lowest BCUT2D eigenvalue weighted by Gasteiger charge is -2.09. The van der Waals surface area contributed by atoms with E-state index in [0.29, 0.717) is 21.9 Å². The maximum Gasteiger partial charge on any atom is 0.341 e. The fourth-order valence-electron chi connectivity index (χ4n) is 2.54. The summed E-state index contributed by atoms with van der Waals surface area (Å²) in [4.78, 5) is 28.4. The van der Waals surface area contributed by atoms with E-state index in [1.807, 2.05) is 0 Å². The summed E-state index contributed by atoms with van der Waals surface area (Å²) in [6, 6.07) is 11.2. The van der Waals surface area contributed by atoms with Gasteiger partial charge >= 0.3 is 5.97 Å². The van der Waals surface area contributed by atoms with Crippen molar-refractivity contribution in [2.45, 2.75) is 6.54 Å². The third-order valence-electron chi connectivity index (χ3n) is 3.96. The fourth-order valence-corrected chi connectivity index (χ4v) is 3.37. The highest BCUT2D eigenvalue weighted by atomic mass is 32.1. The number of benzene rings is 2. The predicted molar refractivity (Wildman–Crippen MR) is 103 cm³/mol. The first-order valence-corrected chi connectivity index (χ1v) is 9.15. The van der Waals surface area contributed by atoms with Gasteiger partial charge in [-0.3, -0.25) is 4.79 Å². The number of amides is 1. The maximum atomic E-state index is 13.9. The predicted octanol–water partition coefficient (Wildman–Crippen LogP) is 3.67. The lowest BCUT2D eigenvalue weighted by Crippen LogP contribution is -2.23. The van der Waals surface area contributed by atoms with Crippen LogP contribution in [0.1, 0.15) is 26.4 Å². The lowest BCUT2D eigenvalue weighted by molar-refractivity contribution is 0.0597. The van der Waals surface area contributed by atoms with Crippen molar-refractivity contribution in [3.63, 3.8) is 0 Å². The highest BCUT2D eigenvalue weighted by molar-refractivity contribution is 7.13. The monoisotopic (exact) mass is 400 g/mol. The van der Waals surface area contributed by atoms with E-state index >= 15 is 0 Å². The van der Waals surface area contributed by atoms with Crippen LogP contribution >= 0.6 is 11.3 Å². The Morgan fingerprint density at radius 1 is 1.18 bits per heavy atom.